The second kappa shape index (κ2) is 13.8. The first-order chi connectivity index (χ1) is 21.8. The van der Waals surface area contributed by atoms with Gasteiger partial charge in [-0.15, -0.1) is 0 Å². The standard InChI is InChI=1S/C32H36FN5O6S/c1-37(13-15-42-29-4-2-3-14-41-29)45-36-28-8-6-26(33)30(25(28)18-34)44-23-5-7-27-24(16-23)31(40)38(20-35-27)21-17-32(43-19-21)11-9-22(39)10-12-32/h5-8,16,20-21,29,36H,2-4,9-15,17,19H2,1H3. The molecule has 6 rings (SSSR count). The lowest BCUT2D eigenvalue weighted by Crippen LogP contribution is -2.34. The van der Waals surface area contributed by atoms with Crippen molar-refractivity contribution in [3.05, 3.63) is 58.4 Å². The first-order valence-electron chi connectivity index (χ1n) is 15.3. The van der Waals surface area contributed by atoms with Gasteiger partial charge in [-0.2, -0.15) is 5.26 Å². The zero-order valence-electron chi connectivity index (χ0n) is 25.1. The molecule has 3 heterocycles. The van der Waals surface area contributed by atoms with Crippen molar-refractivity contribution in [3.63, 3.8) is 0 Å². The topological polar surface area (TPSA) is 128 Å². The smallest absolute Gasteiger partial charge is 0.261 e. The summed E-state index contributed by atoms with van der Waals surface area (Å²) in [5.41, 5.74) is 0.193. The van der Waals surface area contributed by atoms with Crippen molar-refractivity contribution < 1.29 is 28.1 Å². The monoisotopic (exact) mass is 637 g/mol. The van der Waals surface area contributed by atoms with Crippen LogP contribution in [0.4, 0.5) is 10.1 Å². The number of anilines is 1. The van der Waals surface area contributed by atoms with E-state index in [1.165, 1.54) is 36.7 Å². The summed E-state index contributed by atoms with van der Waals surface area (Å²) in [4.78, 5) is 29.8. The summed E-state index contributed by atoms with van der Waals surface area (Å²) in [6.07, 6.45) is 7.36. The highest BCUT2D eigenvalue weighted by Gasteiger charge is 2.43. The number of ether oxygens (including phenoxy) is 4. The fraction of sp³-hybridized carbons (Fsp3) is 0.500. The normalized spacial score (nSPS) is 21.3. The summed E-state index contributed by atoms with van der Waals surface area (Å²) in [6.45, 7) is 2.16. The van der Waals surface area contributed by atoms with Crippen LogP contribution < -0.4 is 15.0 Å². The van der Waals surface area contributed by atoms with E-state index in [1.54, 1.807) is 16.7 Å². The number of hydrogen-bond acceptors (Lipinski definition) is 11. The van der Waals surface area contributed by atoms with Gasteiger partial charge in [-0.1, -0.05) is 0 Å². The molecule has 11 nitrogen and oxygen atoms in total. The Balaban J connectivity index is 1.14. The fourth-order valence-electron chi connectivity index (χ4n) is 6.07. The van der Waals surface area contributed by atoms with Gasteiger partial charge >= 0.3 is 0 Å². The average molecular weight is 638 g/mol. The first kappa shape index (κ1) is 31.4. The Labute approximate surface area is 264 Å². The van der Waals surface area contributed by atoms with Crippen LogP contribution in [0.1, 0.15) is 63.0 Å². The summed E-state index contributed by atoms with van der Waals surface area (Å²) in [5.74, 6) is -0.507. The van der Waals surface area contributed by atoms with Crippen LogP contribution in [-0.4, -0.2) is 64.9 Å². The van der Waals surface area contributed by atoms with Gasteiger partial charge in [0.15, 0.2) is 17.9 Å². The molecule has 0 amide bonds. The zero-order valence-corrected chi connectivity index (χ0v) is 25.9. The zero-order chi connectivity index (χ0) is 31.4. The second-order valence-corrected chi connectivity index (χ2v) is 12.8. The number of Topliss-reactive ketones (excluding diaryl/α,β-unsaturated/α-hetero) is 1. The van der Waals surface area contributed by atoms with Crippen molar-refractivity contribution in [2.45, 2.75) is 69.3 Å². The third-order valence-electron chi connectivity index (χ3n) is 8.66. The summed E-state index contributed by atoms with van der Waals surface area (Å²) < 4.78 is 45.0. The average Bonchev–Trinajstić information content (AvgIpc) is 3.47. The molecule has 1 spiro atoms. The summed E-state index contributed by atoms with van der Waals surface area (Å²) >= 11 is 1.25. The third kappa shape index (κ3) is 7.15. The molecule has 1 aliphatic carbocycles. The number of benzene rings is 2. The van der Waals surface area contributed by atoms with E-state index in [0.717, 1.165) is 25.9 Å². The van der Waals surface area contributed by atoms with Gasteiger partial charge in [-0.25, -0.2) is 13.7 Å². The molecule has 2 aliphatic heterocycles. The highest BCUT2D eigenvalue weighted by molar-refractivity contribution is 7.98. The van der Waals surface area contributed by atoms with E-state index in [1.807, 2.05) is 17.4 Å². The van der Waals surface area contributed by atoms with Gasteiger partial charge in [0.25, 0.3) is 5.56 Å². The molecule has 0 bridgehead atoms. The van der Waals surface area contributed by atoms with E-state index in [-0.39, 0.29) is 46.3 Å². The minimum atomic E-state index is -0.709. The van der Waals surface area contributed by atoms with Crippen LogP contribution in [-0.2, 0) is 19.0 Å². The molecule has 3 aliphatic rings. The lowest BCUT2D eigenvalue weighted by Gasteiger charge is -2.31. The molecule has 3 fully saturated rings. The molecular formula is C32H36FN5O6S. The van der Waals surface area contributed by atoms with Crippen LogP contribution in [0.2, 0.25) is 0 Å². The molecule has 45 heavy (non-hydrogen) atoms. The van der Waals surface area contributed by atoms with Crippen molar-refractivity contribution in [3.8, 4) is 17.6 Å². The molecule has 3 aromatic rings. The Morgan fingerprint density at radius 1 is 1.24 bits per heavy atom. The Hall–Kier alpha value is -3.54. The molecule has 2 aromatic carbocycles. The van der Waals surface area contributed by atoms with Crippen molar-refractivity contribution in [2.75, 3.05) is 38.1 Å². The van der Waals surface area contributed by atoms with E-state index in [4.69, 9.17) is 18.9 Å². The second-order valence-electron chi connectivity index (χ2n) is 11.8. The molecule has 1 N–H and O–H groups in total. The summed E-state index contributed by atoms with van der Waals surface area (Å²) in [5, 5.41) is 10.3. The van der Waals surface area contributed by atoms with Gasteiger partial charge < -0.3 is 23.7 Å². The number of aromatic nitrogens is 2. The number of likely N-dealkylation sites (N-methyl/N-ethyl adjacent to an activating group) is 1. The van der Waals surface area contributed by atoms with Gasteiger partial charge in [-0.3, -0.25) is 14.2 Å². The molecule has 1 aromatic heterocycles. The van der Waals surface area contributed by atoms with E-state index < -0.39 is 5.82 Å². The van der Waals surface area contributed by atoms with E-state index in [2.05, 4.69) is 9.71 Å². The highest BCUT2D eigenvalue weighted by Crippen LogP contribution is 2.42. The SMILES string of the molecule is CN(CCOC1CCCCO1)SNc1ccc(F)c(Oc2ccc3ncn(C4COC5(CCC(=O)CC5)C4)c(=O)c3c2)c1C#N. The summed E-state index contributed by atoms with van der Waals surface area (Å²) in [6, 6.07) is 9.29. The quantitative estimate of drug-likeness (QED) is 0.283. The maximum Gasteiger partial charge on any atom is 0.261 e. The number of carbonyl (C=O) groups excluding carboxylic acids is 1. The van der Waals surface area contributed by atoms with Crippen molar-refractivity contribution >= 4 is 34.5 Å². The lowest BCUT2D eigenvalue weighted by molar-refractivity contribution is -0.162. The molecule has 13 heteroatoms. The number of rotatable bonds is 10. The van der Waals surface area contributed by atoms with E-state index in [9.17, 15) is 14.9 Å². The van der Waals surface area contributed by atoms with Crippen LogP contribution in [0.5, 0.6) is 11.5 Å². The number of nitrogens with zero attached hydrogens (tertiary/aromatic N) is 4. The van der Waals surface area contributed by atoms with E-state index >= 15 is 4.39 Å². The fourth-order valence-corrected chi connectivity index (χ4v) is 6.66. The number of fused-ring (bicyclic) bond motifs is 1. The number of carbonyl (C=O) groups is 1. The first-order valence-corrected chi connectivity index (χ1v) is 16.1. The number of halogens is 1. The predicted molar refractivity (Wildman–Crippen MR) is 166 cm³/mol. The van der Waals surface area contributed by atoms with Gasteiger partial charge in [0, 0.05) is 38.1 Å². The lowest BCUT2D eigenvalue weighted by atomic mass is 9.81. The molecule has 1 saturated carbocycles. The Bertz CT molecular complexity index is 1650. The number of ketones is 1. The van der Waals surface area contributed by atoms with Gasteiger partial charge in [0.2, 0.25) is 0 Å². The molecule has 2 unspecified atom stereocenters. The largest absolute Gasteiger partial charge is 0.453 e. The van der Waals surface area contributed by atoms with E-state index in [0.29, 0.717) is 68.5 Å². The Morgan fingerprint density at radius 2 is 2.09 bits per heavy atom. The van der Waals surface area contributed by atoms with Crippen molar-refractivity contribution in [1.82, 2.24) is 13.9 Å². The van der Waals surface area contributed by atoms with Crippen LogP contribution in [0.15, 0.2) is 41.5 Å². The number of nitrogens with one attached hydrogen (secondary N) is 1. The maximum atomic E-state index is 15.0. The van der Waals surface area contributed by atoms with Crippen molar-refractivity contribution in [2.24, 2.45) is 0 Å². The third-order valence-corrected chi connectivity index (χ3v) is 9.46. The van der Waals surface area contributed by atoms with Crippen molar-refractivity contribution in [1.29, 1.82) is 5.26 Å². The van der Waals surface area contributed by atoms with Crippen LogP contribution in [0.3, 0.4) is 0 Å². The number of nitriles is 1. The molecule has 238 valence electrons. The maximum absolute atomic E-state index is 15.0. The molecule has 2 atom stereocenters. The van der Waals surface area contributed by atoms with Gasteiger partial charge in [0.05, 0.1) is 47.8 Å². The van der Waals surface area contributed by atoms with Crippen LogP contribution in [0.25, 0.3) is 10.9 Å². The van der Waals surface area contributed by atoms with Crippen LogP contribution in [0, 0.1) is 17.1 Å². The Morgan fingerprint density at radius 3 is 2.87 bits per heavy atom. The van der Waals surface area contributed by atoms with Crippen LogP contribution >= 0.6 is 12.1 Å². The van der Waals surface area contributed by atoms with Gasteiger partial charge in [-0.05, 0) is 75.9 Å². The molecule has 2 saturated heterocycles. The molecule has 0 radical (unpaired) electrons. The summed E-state index contributed by atoms with van der Waals surface area (Å²) in [7, 11) is 1.87. The Kier molecular flexibility index (Phi) is 9.67. The minimum Gasteiger partial charge on any atom is -0.453 e. The van der Waals surface area contributed by atoms with Gasteiger partial charge in [0.1, 0.15) is 23.2 Å². The predicted octanol–water partition coefficient (Wildman–Crippen LogP) is 5.49. The highest BCUT2D eigenvalue weighted by atomic mass is 32.2. The molecular weight excluding hydrogens is 601 g/mol. The minimum absolute atomic E-state index is 0.00850. The number of hydrogen-bond donors (Lipinski definition) is 1.